The second-order valence-electron chi connectivity index (χ2n) is 4.99. The van der Waals surface area contributed by atoms with Gasteiger partial charge in [0, 0.05) is 19.3 Å². The lowest BCUT2D eigenvalue weighted by Gasteiger charge is -2.33. The predicted molar refractivity (Wildman–Crippen MR) is 63.4 cm³/mol. The number of alkyl halides is 3. The first-order valence-corrected chi connectivity index (χ1v) is 6.21. The van der Waals surface area contributed by atoms with Crippen LogP contribution in [0.2, 0.25) is 0 Å². The Morgan fingerprint density at radius 2 is 2.00 bits per heavy atom. The van der Waals surface area contributed by atoms with Crippen molar-refractivity contribution < 1.29 is 13.2 Å². The summed E-state index contributed by atoms with van der Waals surface area (Å²) in [6, 6.07) is -0.526. The molecule has 18 heavy (non-hydrogen) atoms. The molecule has 1 aliphatic carbocycles. The number of hydrogen-bond donors (Lipinski definition) is 1. The maximum Gasteiger partial charge on any atom is 0.393 e. The van der Waals surface area contributed by atoms with Crippen LogP contribution in [0.5, 0.6) is 0 Å². The minimum Gasteiger partial charge on any atom is -0.379 e. The number of anilines is 1. The van der Waals surface area contributed by atoms with Gasteiger partial charge >= 0.3 is 6.18 Å². The van der Waals surface area contributed by atoms with Crippen LogP contribution >= 0.6 is 0 Å². The molecule has 0 saturated heterocycles. The molecule has 3 nitrogen and oxygen atoms in total. The third-order valence-electron chi connectivity index (χ3n) is 3.54. The van der Waals surface area contributed by atoms with Gasteiger partial charge in [-0.2, -0.15) is 18.3 Å². The summed E-state index contributed by atoms with van der Waals surface area (Å²) in [7, 11) is 1.76. The lowest BCUT2D eigenvalue weighted by Crippen LogP contribution is -2.41. The quantitative estimate of drug-likeness (QED) is 0.885. The third-order valence-corrected chi connectivity index (χ3v) is 3.54. The van der Waals surface area contributed by atoms with E-state index in [1.165, 1.54) is 0 Å². The molecule has 0 amide bonds. The molecule has 2 rings (SSSR count). The summed E-state index contributed by atoms with van der Waals surface area (Å²) in [5, 5.41) is 7.16. The molecule has 102 valence electrons. The first-order valence-electron chi connectivity index (χ1n) is 6.21. The minimum absolute atomic E-state index is 0.223. The van der Waals surface area contributed by atoms with Gasteiger partial charge in [0.1, 0.15) is 0 Å². The summed E-state index contributed by atoms with van der Waals surface area (Å²) in [5.74, 6) is -1.24. The van der Waals surface area contributed by atoms with Crippen molar-refractivity contribution in [2.45, 2.75) is 44.8 Å². The molecule has 2 unspecified atom stereocenters. The molecule has 6 heteroatoms. The molecule has 1 aromatic heterocycles. The van der Waals surface area contributed by atoms with Gasteiger partial charge in [0.05, 0.1) is 17.3 Å². The van der Waals surface area contributed by atoms with Crippen molar-refractivity contribution in [3.8, 4) is 0 Å². The molecule has 0 aromatic carbocycles. The molecule has 1 saturated carbocycles. The highest BCUT2D eigenvalue weighted by molar-refractivity contribution is 5.46. The van der Waals surface area contributed by atoms with Crippen LogP contribution in [-0.4, -0.2) is 22.0 Å². The summed E-state index contributed by atoms with van der Waals surface area (Å²) in [5.41, 5.74) is 1.45. The molecule has 0 bridgehead atoms. The van der Waals surface area contributed by atoms with Gasteiger partial charge in [0.25, 0.3) is 0 Å². The summed E-state index contributed by atoms with van der Waals surface area (Å²) >= 11 is 0. The molecule has 1 aliphatic rings. The van der Waals surface area contributed by atoms with Crippen LogP contribution < -0.4 is 5.32 Å². The van der Waals surface area contributed by atoms with Crippen LogP contribution in [0.1, 0.15) is 31.4 Å². The van der Waals surface area contributed by atoms with Crippen molar-refractivity contribution >= 4 is 5.69 Å². The van der Waals surface area contributed by atoms with E-state index in [0.29, 0.717) is 18.5 Å². The first-order chi connectivity index (χ1) is 8.38. The Kier molecular flexibility index (Phi) is 3.54. The third kappa shape index (κ3) is 2.79. The zero-order valence-corrected chi connectivity index (χ0v) is 10.6. The molecular formula is C12H18F3N3. The van der Waals surface area contributed by atoms with Gasteiger partial charge in [-0.3, -0.25) is 4.68 Å². The molecule has 1 heterocycles. The lowest BCUT2D eigenvalue weighted by molar-refractivity contribution is -0.184. The molecule has 2 atom stereocenters. The van der Waals surface area contributed by atoms with Gasteiger partial charge in [-0.25, -0.2) is 0 Å². The highest BCUT2D eigenvalue weighted by atomic mass is 19.4. The van der Waals surface area contributed by atoms with Gasteiger partial charge in [-0.05, 0) is 19.8 Å². The fraction of sp³-hybridized carbons (Fsp3) is 0.750. The van der Waals surface area contributed by atoms with Gasteiger partial charge in [0.15, 0.2) is 0 Å². The zero-order chi connectivity index (χ0) is 13.3. The SMILES string of the molecule is Cc1nn(C)cc1NC1CCCCC1C(F)(F)F. The Balaban J connectivity index is 2.13. The van der Waals surface area contributed by atoms with E-state index in [1.54, 1.807) is 24.9 Å². The second kappa shape index (κ2) is 4.82. The maximum atomic E-state index is 12.9. The fourth-order valence-electron chi connectivity index (χ4n) is 2.64. The normalized spacial score (nSPS) is 25.2. The highest BCUT2D eigenvalue weighted by Crippen LogP contribution is 2.39. The van der Waals surface area contributed by atoms with Crippen LogP contribution in [0.4, 0.5) is 18.9 Å². The number of nitrogens with zero attached hydrogens (tertiary/aromatic N) is 2. The van der Waals surface area contributed by atoms with E-state index < -0.39 is 18.1 Å². The smallest absolute Gasteiger partial charge is 0.379 e. The predicted octanol–water partition coefficient (Wildman–Crippen LogP) is 3.26. The lowest BCUT2D eigenvalue weighted by atomic mass is 9.84. The zero-order valence-electron chi connectivity index (χ0n) is 10.6. The van der Waals surface area contributed by atoms with E-state index >= 15 is 0 Å². The maximum absolute atomic E-state index is 12.9. The Morgan fingerprint density at radius 1 is 1.33 bits per heavy atom. The van der Waals surface area contributed by atoms with Crippen molar-refractivity contribution in [3.05, 3.63) is 11.9 Å². The van der Waals surface area contributed by atoms with Crippen LogP contribution in [0.25, 0.3) is 0 Å². The van der Waals surface area contributed by atoms with E-state index in [9.17, 15) is 13.2 Å². The number of halogens is 3. The van der Waals surface area contributed by atoms with Crippen LogP contribution in [0.3, 0.4) is 0 Å². The van der Waals surface area contributed by atoms with Crippen molar-refractivity contribution in [1.29, 1.82) is 0 Å². The van der Waals surface area contributed by atoms with Crippen LogP contribution in [0.15, 0.2) is 6.20 Å². The van der Waals surface area contributed by atoms with Crippen molar-refractivity contribution in [2.24, 2.45) is 13.0 Å². The topological polar surface area (TPSA) is 29.9 Å². The number of hydrogen-bond acceptors (Lipinski definition) is 2. The van der Waals surface area contributed by atoms with E-state index in [-0.39, 0.29) is 6.42 Å². The van der Waals surface area contributed by atoms with Gasteiger partial charge in [0.2, 0.25) is 0 Å². The Morgan fingerprint density at radius 3 is 2.56 bits per heavy atom. The molecule has 0 radical (unpaired) electrons. The van der Waals surface area contributed by atoms with Gasteiger partial charge in [-0.15, -0.1) is 0 Å². The average molecular weight is 261 g/mol. The van der Waals surface area contributed by atoms with E-state index in [4.69, 9.17) is 0 Å². The minimum atomic E-state index is -4.12. The standard InChI is InChI=1S/C12H18F3N3/c1-8-11(7-18(2)17-8)16-10-6-4-3-5-9(10)12(13,14)15/h7,9-10,16H,3-6H2,1-2H3. The summed E-state index contributed by atoms with van der Waals surface area (Å²) in [4.78, 5) is 0. The molecule has 1 fully saturated rings. The van der Waals surface area contributed by atoms with Crippen LogP contribution in [0, 0.1) is 12.8 Å². The highest BCUT2D eigenvalue weighted by Gasteiger charge is 2.45. The molecule has 1 aromatic rings. The average Bonchev–Trinajstić information content (AvgIpc) is 2.57. The Bertz CT molecular complexity index is 411. The number of rotatable bonds is 2. The Hall–Kier alpha value is -1.20. The van der Waals surface area contributed by atoms with Crippen molar-refractivity contribution in [2.75, 3.05) is 5.32 Å². The Labute approximate surface area is 104 Å². The number of aryl methyl sites for hydroxylation is 2. The van der Waals surface area contributed by atoms with E-state index in [0.717, 1.165) is 12.1 Å². The largest absolute Gasteiger partial charge is 0.393 e. The summed E-state index contributed by atoms with van der Waals surface area (Å²) in [6.45, 7) is 1.80. The van der Waals surface area contributed by atoms with E-state index in [1.807, 2.05) is 0 Å². The molecule has 0 aliphatic heterocycles. The van der Waals surface area contributed by atoms with E-state index in [2.05, 4.69) is 10.4 Å². The molecular weight excluding hydrogens is 243 g/mol. The van der Waals surface area contributed by atoms with Crippen molar-refractivity contribution in [1.82, 2.24) is 9.78 Å². The van der Waals surface area contributed by atoms with Gasteiger partial charge in [-0.1, -0.05) is 12.8 Å². The monoisotopic (exact) mass is 261 g/mol. The first kappa shape index (κ1) is 13.2. The molecule has 1 N–H and O–H groups in total. The number of aromatic nitrogens is 2. The fourth-order valence-corrected chi connectivity index (χ4v) is 2.64. The number of nitrogens with one attached hydrogen (secondary N) is 1. The van der Waals surface area contributed by atoms with Crippen LogP contribution in [-0.2, 0) is 7.05 Å². The van der Waals surface area contributed by atoms with Gasteiger partial charge < -0.3 is 5.32 Å². The second-order valence-corrected chi connectivity index (χ2v) is 4.99. The molecule has 0 spiro atoms. The summed E-state index contributed by atoms with van der Waals surface area (Å²) in [6.07, 6.45) is -0.0809. The van der Waals surface area contributed by atoms with Crippen molar-refractivity contribution in [3.63, 3.8) is 0 Å². The summed E-state index contributed by atoms with van der Waals surface area (Å²) < 4.78 is 40.4.